The highest BCUT2D eigenvalue weighted by Gasteiger charge is 2.44. The van der Waals surface area contributed by atoms with E-state index in [1.165, 1.54) is 0 Å². The van der Waals surface area contributed by atoms with Gasteiger partial charge in [0.15, 0.2) is 0 Å². The lowest BCUT2D eigenvalue weighted by Crippen LogP contribution is -2.27. The van der Waals surface area contributed by atoms with Crippen molar-refractivity contribution in [2.45, 2.75) is 41.0 Å². The van der Waals surface area contributed by atoms with Crippen molar-refractivity contribution in [2.24, 2.45) is 0 Å². The van der Waals surface area contributed by atoms with Crippen LogP contribution in [-0.4, -0.2) is 19.3 Å². The van der Waals surface area contributed by atoms with Gasteiger partial charge in [0.05, 0.1) is 11.1 Å². The zero-order valence-electron chi connectivity index (χ0n) is 14.5. The van der Waals surface area contributed by atoms with Crippen molar-refractivity contribution in [1.82, 2.24) is 0 Å². The number of hydrogen-bond donors (Lipinski definition) is 1. The molecule has 0 unspecified atom stereocenters. The molecule has 2 aromatic rings. The fraction of sp³-hybridized carbons (Fsp3) is 0.368. The van der Waals surface area contributed by atoms with Gasteiger partial charge in [-0.1, -0.05) is 23.9 Å². The van der Waals surface area contributed by atoms with Crippen LogP contribution in [0.5, 0.6) is 0 Å². The van der Waals surface area contributed by atoms with Gasteiger partial charge in [0.25, 0.3) is 0 Å². The molecule has 2 nitrogen and oxygen atoms in total. The van der Waals surface area contributed by atoms with E-state index in [4.69, 9.17) is 4.74 Å². The molecule has 1 N–H and O–H groups in total. The number of alkyl halides is 6. The number of anilines is 1. The third-order valence-corrected chi connectivity index (χ3v) is 5.32. The molecule has 1 aliphatic rings. The van der Waals surface area contributed by atoms with Crippen molar-refractivity contribution in [2.75, 3.05) is 18.5 Å². The number of halogens is 6. The van der Waals surface area contributed by atoms with Crippen molar-refractivity contribution in [3.05, 3.63) is 53.6 Å². The number of rotatable bonds is 4. The summed E-state index contributed by atoms with van der Waals surface area (Å²) >= 11 is 0.663. The van der Waals surface area contributed by atoms with Crippen molar-refractivity contribution in [1.29, 1.82) is 0 Å². The molecule has 0 amide bonds. The van der Waals surface area contributed by atoms with Gasteiger partial charge >= 0.3 is 12.4 Å². The molecule has 1 saturated heterocycles. The Morgan fingerprint density at radius 1 is 0.893 bits per heavy atom. The maximum atomic E-state index is 13.4. The van der Waals surface area contributed by atoms with Gasteiger partial charge in [0.2, 0.25) is 0 Å². The van der Waals surface area contributed by atoms with Crippen LogP contribution in [0.2, 0.25) is 0 Å². The first-order valence-corrected chi connectivity index (χ1v) is 9.36. The highest BCUT2D eigenvalue weighted by Crippen LogP contribution is 2.46. The maximum absolute atomic E-state index is 13.4. The van der Waals surface area contributed by atoms with Crippen molar-refractivity contribution in [3.8, 4) is 0 Å². The zero-order chi connectivity index (χ0) is 20.4. The first-order chi connectivity index (χ1) is 13.1. The molecule has 3 rings (SSSR count). The molecule has 152 valence electrons. The Labute approximate surface area is 162 Å². The van der Waals surface area contributed by atoms with Gasteiger partial charge in [-0.25, -0.2) is 0 Å². The topological polar surface area (TPSA) is 21.3 Å². The van der Waals surface area contributed by atoms with Crippen molar-refractivity contribution in [3.63, 3.8) is 0 Å². The lowest BCUT2D eigenvalue weighted by atomic mass is 10.1. The van der Waals surface area contributed by atoms with E-state index in [2.05, 4.69) is 5.32 Å². The Bertz CT molecular complexity index is 815. The maximum Gasteiger partial charge on any atom is 0.418 e. The quantitative estimate of drug-likeness (QED) is 0.572. The lowest BCUT2D eigenvalue weighted by molar-refractivity contribution is -0.163. The molecule has 0 radical (unpaired) electrons. The predicted octanol–water partition coefficient (Wildman–Crippen LogP) is 6.47. The molecule has 1 fully saturated rings. The third-order valence-electron chi connectivity index (χ3n) is 4.27. The minimum atomic E-state index is -5.12. The summed E-state index contributed by atoms with van der Waals surface area (Å²) in [6.45, 7) is 1.26. The minimum absolute atomic E-state index is 0.188. The molecular formula is C19H17F6NOS. The number of benzene rings is 2. The van der Waals surface area contributed by atoms with Gasteiger partial charge in [-0.05, 0) is 43.2 Å². The molecule has 1 heterocycles. The normalized spacial score (nSPS) is 16.2. The molecule has 0 atom stereocenters. The third kappa shape index (κ3) is 5.14. The largest absolute Gasteiger partial charge is 0.418 e. The molecule has 28 heavy (non-hydrogen) atoms. The van der Waals surface area contributed by atoms with E-state index in [9.17, 15) is 26.3 Å². The summed E-state index contributed by atoms with van der Waals surface area (Å²) in [6, 6.07) is 9.33. The average Bonchev–Trinajstić information content (AvgIpc) is 2.61. The minimum Gasteiger partial charge on any atom is -0.382 e. The van der Waals surface area contributed by atoms with Gasteiger partial charge in [-0.15, -0.1) is 0 Å². The number of hydrogen-bond acceptors (Lipinski definition) is 3. The van der Waals surface area contributed by atoms with Crippen LogP contribution in [0, 0.1) is 0 Å². The number of ether oxygens (including phenoxy) is 1. The second-order valence-electron chi connectivity index (χ2n) is 6.34. The Morgan fingerprint density at radius 3 is 2.21 bits per heavy atom. The zero-order valence-corrected chi connectivity index (χ0v) is 15.3. The second kappa shape index (κ2) is 8.24. The van der Waals surface area contributed by atoms with Gasteiger partial charge in [-0.3, -0.25) is 0 Å². The molecule has 0 bridgehead atoms. The number of nitrogens with one attached hydrogen (secondary N) is 1. The molecule has 0 saturated carbocycles. The molecule has 1 aliphatic heterocycles. The van der Waals surface area contributed by atoms with Crippen molar-refractivity contribution < 1.29 is 31.1 Å². The van der Waals surface area contributed by atoms with Crippen molar-refractivity contribution >= 4 is 17.4 Å². The van der Waals surface area contributed by atoms with E-state index in [0.717, 1.165) is 25.0 Å². The summed E-state index contributed by atoms with van der Waals surface area (Å²) in [4.78, 5) is -0.0626. The summed E-state index contributed by atoms with van der Waals surface area (Å²) in [5, 5.41) is 3.29. The van der Waals surface area contributed by atoms with E-state index < -0.39 is 28.4 Å². The fourth-order valence-electron chi connectivity index (χ4n) is 3.00. The van der Waals surface area contributed by atoms with E-state index in [1.807, 2.05) is 0 Å². The van der Waals surface area contributed by atoms with Gasteiger partial charge in [0.1, 0.15) is 0 Å². The Hall–Kier alpha value is -1.87. The van der Waals surface area contributed by atoms with Crippen LogP contribution < -0.4 is 5.32 Å². The lowest BCUT2D eigenvalue weighted by Gasteiger charge is -2.24. The summed E-state index contributed by atoms with van der Waals surface area (Å²) < 4.78 is 84.7. The van der Waals surface area contributed by atoms with E-state index in [1.54, 1.807) is 24.3 Å². The predicted molar refractivity (Wildman–Crippen MR) is 94.5 cm³/mol. The molecule has 0 spiro atoms. The summed E-state index contributed by atoms with van der Waals surface area (Å²) in [5.74, 6) is 0. The average molecular weight is 421 g/mol. The Morgan fingerprint density at radius 2 is 1.57 bits per heavy atom. The van der Waals surface area contributed by atoms with E-state index >= 15 is 0 Å². The Balaban J connectivity index is 1.88. The van der Waals surface area contributed by atoms with Crippen LogP contribution in [0.3, 0.4) is 0 Å². The summed E-state index contributed by atoms with van der Waals surface area (Å²) in [6.07, 6.45) is -8.59. The molecule has 2 aromatic carbocycles. The van der Waals surface area contributed by atoms with E-state index in [0.29, 0.717) is 41.6 Å². The summed E-state index contributed by atoms with van der Waals surface area (Å²) in [7, 11) is 0. The van der Waals surface area contributed by atoms with Gasteiger partial charge in [0, 0.05) is 34.7 Å². The van der Waals surface area contributed by atoms with E-state index in [-0.39, 0.29) is 6.04 Å². The SMILES string of the molecule is FC(F)(F)c1cccc(Sc2cccc(NC3CCOCC3)c2)c1C(F)(F)F. The first-order valence-electron chi connectivity index (χ1n) is 8.54. The standard InChI is InChI=1S/C19H17F6NOS/c20-18(21,22)15-5-2-6-16(17(15)19(23,24)25)28-14-4-1-3-13(11-14)26-12-7-9-27-10-8-12/h1-6,11-12,26H,7-10H2. The molecule has 0 aliphatic carbocycles. The van der Waals surface area contributed by atoms with Crippen LogP contribution in [0.15, 0.2) is 52.3 Å². The molecule has 9 heteroatoms. The highest BCUT2D eigenvalue weighted by molar-refractivity contribution is 7.99. The Kier molecular flexibility index (Phi) is 6.14. The smallest absolute Gasteiger partial charge is 0.382 e. The van der Waals surface area contributed by atoms with Crippen LogP contribution in [0.1, 0.15) is 24.0 Å². The van der Waals surface area contributed by atoms with Crippen LogP contribution >= 0.6 is 11.8 Å². The second-order valence-corrected chi connectivity index (χ2v) is 7.45. The molecule has 0 aromatic heterocycles. The van der Waals surface area contributed by atoms with Gasteiger partial charge in [-0.2, -0.15) is 26.3 Å². The monoisotopic (exact) mass is 421 g/mol. The van der Waals surface area contributed by atoms with Crippen LogP contribution in [0.25, 0.3) is 0 Å². The fourth-order valence-corrected chi connectivity index (χ4v) is 4.06. The van der Waals surface area contributed by atoms with Crippen LogP contribution in [0.4, 0.5) is 32.0 Å². The summed E-state index contributed by atoms with van der Waals surface area (Å²) in [5.41, 5.74) is -2.63. The first kappa shape index (κ1) is 20.9. The van der Waals surface area contributed by atoms with Crippen LogP contribution in [-0.2, 0) is 17.1 Å². The molecular weight excluding hydrogens is 404 g/mol. The highest BCUT2D eigenvalue weighted by atomic mass is 32.2. The van der Waals surface area contributed by atoms with Gasteiger partial charge < -0.3 is 10.1 Å².